The molecule has 0 spiro atoms. The van der Waals surface area contributed by atoms with E-state index in [9.17, 15) is 9.59 Å². The van der Waals surface area contributed by atoms with Gasteiger partial charge in [0.15, 0.2) is 0 Å². The van der Waals surface area contributed by atoms with Crippen LogP contribution in [0.2, 0.25) is 0 Å². The summed E-state index contributed by atoms with van der Waals surface area (Å²) < 4.78 is 9.92. The normalized spacial score (nSPS) is 12.4. The second kappa shape index (κ2) is 13.0. The Morgan fingerprint density at radius 1 is 0.700 bits per heavy atom. The molecule has 2 rings (SSSR count). The first-order chi connectivity index (χ1) is 18.6. The zero-order valence-electron chi connectivity index (χ0n) is 25.7. The zero-order chi connectivity index (χ0) is 30.4. The maximum atomic E-state index is 12.4. The summed E-state index contributed by atoms with van der Waals surface area (Å²) in [6.07, 6.45) is 3.34. The van der Waals surface area contributed by atoms with E-state index in [0.717, 1.165) is 33.6 Å². The summed E-state index contributed by atoms with van der Waals surface area (Å²) >= 11 is 0. The topological polar surface area (TPSA) is 77.3 Å². The first kappa shape index (κ1) is 32.4. The number of carbonyl (C=O) groups excluding carboxylic acids is 2. The molecule has 0 heterocycles. The molecule has 0 fully saturated rings. The van der Waals surface area contributed by atoms with Crippen LogP contribution in [0.5, 0.6) is 0 Å². The van der Waals surface area contributed by atoms with Gasteiger partial charge in [-0.25, -0.2) is 9.59 Å². The van der Waals surface area contributed by atoms with Crippen molar-refractivity contribution in [1.82, 2.24) is 0 Å². The van der Waals surface area contributed by atoms with Crippen LogP contribution in [0, 0.1) is 0 Å². The van der Waals surface area contributed by atoms with Crippen molar-refractivity contribution < 1.29 is 19.1 Å². The third-order valence-electron chi connectivity index (χ3n) is 7.57. The predicted molar refractivity (Wildman–Crippen MR) is 166 cm³/mol. The first-order valence-corrected chi connectivity index (χ1v) is 13.5. The molecule has 0 aliphatic carbocycles. The lowest BCUT2D eigenvalue weighted by molar-refractivity contribution is -0.137. The number of ether oxygens (including phenoxy) is 2. The molecular formula is C34H44N2O4. The fourth-order valence-electron chi connectivity index (χ4n) is 4.65. The number of benzene rings is 2. The van der Waals surface area contributed by atoms with E-state index in [0.29, 0.717) is 11.1 Å². The van der Waals surface area contributed by atoms with E-state index in [1.165, 1.54) is 14.2 Å². The van der Waals surface area contributed by atoms with Crippen molar-refractivity contribution in [1.29, 1.82) is 0 Å². The zero-order valence-corrected chi connectivity index (χ0v) is 25.7. The molecule has 0 aliphatic heterocycles. The Labute approximate surface area is 239 Å². The molecule has 0 unspecified atom stereocenters. The van der Waals surface area contributed by atoms with Gasteiger partial charge in [0.25, 0.3) is 0 Å². The summed E-state index contributed by atoms with van der Waals surface area (Å²) in [7, 11) is 2.71. The maximum absolute atomic E-state index is 12.4. The van der Waals surface area contributed by atoms with E-state index in [-0.39, 0.29) is 11.8 Å². The Kier molecular flexibility index (Phi) is 10.6. The number of carbonyl (C=O) groups is 2. The largest absolute Gasteiger partial charge is 0.466 e. The third-order valence-corrected chi connectivity index (χ3v) is 7.57. The number of aliphatic imine (C=N–C) groups is 2. The molecule has 0 saturated carbocycles. The molecule has 0 aromatic heterocycles. The van der Waals surface area contributed by atoms with E-state index in [2.05, 4.69) is 40.9 Å². The summed E-state index contributed by atoms with van der Waals surface area (Å²) in [5.74, 6) is -0.509. The van der Waals surface area contributed by atoms with Crippen LogP contribution in [0.4, 0.5) is 11.4 Å². The fraction of sp³-hybridized carbons (Fsp3) is 0.412. The highest BCUT2D eigenvalue weighted by molar-refractivity contribution is 6.17. The number of hydrogen-bond acceptors (Lipinski definition) is 6. The van der Waals surface area contributed by atoms with Gasteiger partial charge >= 0.3 is 11.9 Å². The average Bonchev–Trinajstić information content (AvgIpc) is 2.92. The highest BCUT2D eigenvalue weighted by Gasteiger charge is 2.34. The Bertz CT molecular complexity index is 1240. The third kappa shape index (κ3) is 6.67. The van der Waals surface area contributed by atoms with Crippen LogP contribution >= 0.6 is 0 Å². The van der Waals surface area contributed by atoms with Gasteiger partial charge in [-0.1, -0.05) is 105 Å². The van der Waals surface area contributed by atoms with Gasteiger partial charge < -0.3 is 9.47 Å². The molecule has 214 valence electrons. The quantitative estimate of drug-likeness (QED) is 0.163. The van der Waals surface area contributed by atoms with E-state index in [1.54, 1.807) is 12.4 Å². The van der Waals surface area contributed by atoms with Gasteiger partial charge in [-0.3, -0.25) is 9.98 Å². The number of nitrogens with zero attached hydrogens (tertiary/aromatic N) is 2. The maximum Gasteiger partial charge on any atom is 0.334 e. The highest BCUT2D eigenvalue weighted by Crippen LogP contribution is 2.42. The van der Waals surface area contributed by atoms with Crippen LogP contribution in [0.1, 0.15) is 89.5 Å². The molecule has 2 aromatic carbocycles. The van der Waals surface area contributed by atoms with Crippen LogP contribution in [0.25, 0.3) is 0 Å². The van der Waals surface area contributed by atoms with Gasteiger partial charge in [0.1, 0.15) is 0 Å². The monoisotopic (exact) mass is 544 g/mol. The highest BCUT2D eigenvalue weighted by atomic mass is 16.5. The second-order valence-corrected chi connectivity index (χ2v) is 11.5. The van der Waals surface area contributed by atoms with Crippen molar-refractivity contribution in [3.05, 3.63) is 83.0 Å². The Morgan fingerprint density at radius 3 is 1.30 bits per heavy atom. The van der Waals surface area contributed by atoms with E-state index >= 15 is 0 Å². The van der Waals surface area contributed by atoms with Crippen molar-refractivity contribution >= 4 is 35.7 Å². The molecule has 6 heteroatoms. The summed E-state index contributed by atoms with van der Waals surface area (Å²) in [6.45, 7) is 24.3. The first-order valence-electron chi connectivity index (χ1n) is 13.5. The van der Waals surface area contributed by atoms with Gasteiger partial charge in [-0.2, -0.15) is 0 Å². The van der Waals surface area contributed by atoms with Crippen LogP contribution in [-0.4, -0.2) is 38.6 Å². The van der Waals surface area contributed by atoms with Crippen LogP contribution in [-0.2, 0) is 29.9 Å². The predicted octanol–water partition coefficient (Wildman–Crippen LogP) is 8.05. The fourth-order valence-corrected chi connectivity index (χ4v) is 4.65. The lowest BCUT2D eigenvalue weighted by atomic mass is 9.76. The van der Waals surface area contributed by atoms with Gasteiger partial charge in [0.05, 0.1) is 25.6 Å². The summed E-state index contributed by atoms with van der Waals surface area (Å²) in [6, 6.07) is 12.0. The molecule has 0 amide bonds. The Balaban J connectivity index is 2.67. The minimum atomic E-state index is -0.711. The number of para-hydroxylation sites is 2. The van der Waals surface area contributed by atoms with Crippen LogP contribution in [0.15, 0.2) is 70.7 Å². The standard InChI is InChI=1S/C34H44N2O4/c1-21(2)25-15-13-17-27(33(7,8)23(5)31(37)39-11)29(25)35-19-20-36-30-26(22(3)4)16-14-18-28(30)34(9,10)24(6)32(38)40-12/h13-22H,5-6H2,1-4,7-12H3. The van der Waals surface area contributed by atoms with Gasteiger partial charge in [-0.15, -0.1) is 0 Å². The summed E-state index contributed by atoms with van der Waals surface area (Å²) in [5, 5.41) is 0. The molecular weight excluding hydrogens is 500 g/mol. The van der Waals surface area contributed by atoms with E-state index < -0.39 is 22.8 Å². The number of methoxy groups -OCH3 is 2. The summed E-state index contributed by atoms with van der Waals surface area (Å²) in [5.41, 5.74) is 4.67. The molecule has 0 N–H and O–H groups in total. The lowest BCUT2D eigenvalue weighted by Crippen LogP contribution is -2.26. The SMILES string of the molecule is C=C(C(=O)OC)C(C)(C)c1cccc(C(C)C)c1N=CC=Nc1c(C(C)C)cccc1C(C)(C)C(=C)C(=O)OC. The number of rotatable bonds is 11. The molecule has 0 aliphatic rings. The number of hydrogen-bond donors (Lipinski definition) is 0. The van der Waals surface area contributed by atoms with Gasteiger partial charge in [-0.05, 0) is 34.1 Å². The second-order valence-electron chi connectivity index (χ2n) is 11.5. The lowest BCUT2D eigenvalue weighted by Gasteiger charge is -2.29. The van der Waals surface area contributed by atoms with Crippen molar-refractivity contribution in [3.63, 3.8) is 0 Å². The van der Waals surface area contributed by atoms with Crippen LogP contribution < -0.4 is 0 Å². The van der Waals surface area contributed by atoms with Crippen molar-refractivity contribution in [2.24, 2.45) is 9.98 Å². The van der Waals surface area contributed by atoms with Gasteiger partial charge in [0.2, 0.25) is 0 Å². The van der Waals surface area contributed by atoms with Crippen molar-refractivity contribution in [3.8, 4) is 0 Å². The average molecular weight is 545 g/mol. The number of esters is 2. The van der Waals surface area contributed by atoms with Crippen LogP contribution in [0.3, 0.4) is 0 Å². The van der Waals surface area contributed by atoms with Crippen molar-refractivity contribution in [2.45, 2.75) is 78.1 Å². The Morgan fingerprint density at radius 2 is 1.02 bits per heavy atom. The molecule has 0 saturated heterocycles. The smallest absolute Gasteiger partial charge is 0.334 e. The van der Waals surface area contributed by atoms with E-state index in [1.807, 2.05) is 64.1 Å². The minimum absolute atomic E-state index is 0.199. The van der Waals surface area contributed by atoms with E-state index in [4.69, 9.17) is 19.5 Å². The molecule has 0 bridgehead atoms. The minimum Gasteiger partial charge on any atom is -0.466 e. The Hall–Kier alpha value is -3.80. The summed E-state index contributed by atoms with van der Waals surface area (Å²) in [4.78, 5) is 34.5. The van der Waals surface area contributed by atoms with Gasteiger partial charge in [0, 0.05) is 34.4 Å². The molecule has 2 aromatic rings. The molecule has 0 atom stereocenters. The van der Waals surface area contributed by atoms with Crippen molar-refractivity contribution in [2.75, 3.05) is 14.2 Å². The molecule has 6 nitrogen and oxygen atoms in total. The molecule has 40 heavy (non-hydrogen) atoms. The molecule has 0 radical (unpaired) electrons.